The van der Waals surface area contributed by atoms with Gasteiger partial charge in [-0.25, -0.2) is 14.5 Å². The van der Waals surface area contributed by atoms with E-state index in [1.807, 2.05) is 24.8 Å². The van der Waals surface area contributed by atoms with Crippen molar-refractivity contribution in [1.82, 2.24) is 34.4 Å². The molecule has 1 fully saturated rings. The van der Waals surface area contributed by atoms with Crippen LogP contribution < -0.4 is 4.90 Å². The van der Waals surface area contributed by atoms with Gasteiger partial charge in [-0.1, -0.05) is 13.8 Å². The van der Waals surface area contributed by atoms with Crippen molar-refractivity contribution in [2.24, 2.45) is 0 Å². The first kappa shape index (κ1) is 24.2. The van der Waals surface area contributed by atoms with Crippen molar-refractivity contribution in [1.29, 1.82) is 0 Å². The first-order valence-electron chi connectivity index (χ1n) is 12.7. The van der Waals surface area contributed by atoms with Gasteiger partial charge in [0.2, 0.25) is 5.91 Å². The van der Waals surface area contributed by atoms with Crippen molar-refractivity contribution in [2.45, 2.75) is 40.5 Å². The molecule has 1 amide bonds. The van der Waals surface area contributed by atoms with E-state index in [0.29, 0.717) is 12.5 Å². The highest BCUT2D eigenvalue weighted by Crippen LogP contribution is 2.40. The normalized spacial score (nSPS) is 14.9. The van der Waals surface area contributed by atoms with Crippen molar-refractivity contribution in [3.8, 4) is 11.3 Å². The van der Waals surface area contributed by atoms with E-state index < -0.39 is 0 Å². The van der Waals surface area contributed by atoms with Crippen molar-refractivity contribution in [3.63, 3.8) is 0 Å². The van der Waals surface area contributed by atoms with Gasteiger partial charge in [0.1, 0.15) is 12.1 Å². The van der Waals surface area contributed by atoms with E-state index in [2.05, 4.69) is 65.7 Å². The number of H-pyrrole nitrogens is 1. The van der Waals surface area contributed by atoms with Crippen LogP contribution in [0.25, 0.3) is 27.8 Å². The molecule has 190 valence electrons. The van der Waals surface area contributed by atoms with E-state index in [9.17, 15) is 4.79 Å². The molecule has 1 aliphatic rings. The van der Waals surface area contributed by atoms with Crippen LogP contribution in [0.5, 0.6) is 0 Å². The number of carbonyl (C=O) groups is 1. The molecule has 0 atom stereocenters. The number of fused-ring (bicyclic) bond motifs is 2. The van der Waals surface area contributed by atoms with Gasteiger partial charge in [-0.05, 0) is 43.4 Å². The summed E-state index contributed by atoms with van der Waals surface area (Å²) < 4.78 is 1.87. The molecular formula is C27H36N8O. The number of piperazine rings is 1. The number of aryl methyl sites for hydroxylation is 2. The predicted molar refractivity (Wildman–Crippen MR) is 144 cm³/mol. The molecule has 1 aliphatic heterocycles. The molecule has 0 aromatic carbocycles. The molecule has 5 heterocycles. The van der Waals surface area contributed by atoms with Gasteiger partial charge in [-0.3, -0.25) is 9.69 Å². The van der Waals surface area contributed by atoms with E-state index >= 15 is 0 Å². The Morgan fingerprint density at radius 3 is 2.44 bits per heavy atom. The second-order valence-electron chi connectivity index (χ2n) is 10.4. The molecule has 0 bridgehead atoms. The Bertz CT molecular complexity index is 1440. The van der Waals surface area contributed by atoms with Gasteiger partial charge in [-0.15, -0.1) is 0 Å². The summed E-state index contributed by atoms with van der Waals surface area (Å²) in [6.45, 7) is 14.9. The average molecular weight is 489 g/mol. The van der Waals surface area contributed by atoms with Gasteiger partial charge in [0.05, 0.1) is 24.0 Å². The third-order valence-corrected chi connectivity index (χ3v) is 7.60. The number of rotatable bonds is 5. The topological polar surface area (TPSA) is 85.7 Å². The number of hydrogen-bond donors (Lipinski definition) is 1. The van der Waals surface area contributed by atoms with E-state index in [0.717, 1.165) is 60.0 Å². The Morgan fingerprint density at radius 2 is 1.78 bits per heavy atom. The molecular weight excluding hydrogens is 452 g/mol. The summed E-state index contributed by atoms with van der Waals surface area (Å²) in [5, 5.41) is 5.66. The molecule has 0 aliphatic carbocycles. The maximum absolute atomic E-state index is 12.1. The fourth-order valence-electron chi connectivity index (χ4n) is 5.38. The minimum Gasteiger partial charge on any atom is -0.354 e. The second-order valence-corrected chi connectivity index (χ2v) is 10.4. The molecule has 4 aromatic heterocycles. The van der Waals surface area contributed by atoms with Crippen LogP contribution in [0.1, 0.15) is 42.0 Å². The molecule has 0 unspecified atom stereocenters. The maximum Gasteiger partial charge on any atom is 0.236 e. The number of amides is 1. The molecule has 0 saturated carbocycles. The minimum absolute atomic E-state index is 0.148. The van der Waals surface area contributed by atoms with Crippen LogP contribution >= 0.6 is 0 Å². The zero-order valence-corrected chi connectivity index (χ0v) is 22.4. The van der Waals surface area contributed by atoms with Gasteiger partial charge in [0, 0.05) is 63.0 Å². The highest BCUT2D eigenvalue weighted by Gasteiger charge is 2.26. The lowest BCUT2D eigenvalue weighted by Crippen LogP contribution is -2.49. The molecule has 1 N–H and O–H groups in total. The fraction of sp³-hybridized carbons (Fsp3) is 0.481. The van der Waals surface area contributed by atoms with Gasteiger partial charge < -0.3 is 14.8 Å². The Hall–Kier alpha value is -3.46. The third-order valence-electron chi connectivity index (χ3n) is 7.60. The Labute approximate surface area is 212 Å². The van der Waals surface area contributed by atoms with Crippen LogP contribution in [0.4, 0.5) is 5.82 Å². The van der Waals surface area contributed by atoms with Crippen molar-refractivity contribution in [3.05, 3.63) is 41.0 Å². The largest absolute Gasteiger partial charge is 0.354 e. The quantitative estimate of drug-likeness (QED) is 0.463. The first-order chi connectivity index (χ1) is 17.2. The second kappa shape index (κ2) is 9.20. The minimum atomic E-state index is 0.148. The number of hydrogen-bond acceptors (Lipinski definition) is 6. The first-order valence-corrected chi connectivity index (χ1v) is 12.7. The van der Waals surface area contributed by atoms with E-state index in [1.165, 1.54) is 22.1 Å². The number of likely N-dealkylation sites (N-methyl/N-ethyl adjacent to an activating group) is 1. The molecule has 9 heteroatoms. The fourth-order valence-corrected chi connectivity index (χ4v) is 5.38. The monoisotopic (exact) mass is 488 g/mol. The summed E-state index contributed by atoms with van der Waals surface area (Å²) >= 11 is 0. The van der Waals surface area contributed by atoms with Gasteiger partial charge in [0.15, 0.2) is 5.65 Å². The smallest absolute Gasteiger partial charge is 0.236 e. The van der Waals surface area contributed by atoms with E-state index in [4.69, 9.17) is 4.98 Å². The average Bonchev–Trinajstić information content (AvgIpc) is 3.47. The van der Waals surface area contributed by atoms with Gasteiger partial charge >= 0.3 is 0 Å². The zero-order valence-electron chi connectivity index (χ0n) is 22.4. The molecule has 4 aromatic rings. The number of carbonyl (C=O) groups excluding carboxylic acids is 1. The number of anilines is 1. The molecule has 0 radical (unpaired) electrons. The van der Waals surface area contributed by atoms with Crippen molar-refractivity contribution in [2.75, 3.05) is 51.7 Å². The van der Waals surface area contributed by atoms with Crippen LogP contribution in [0.3, 0.4) is 0 Å². The summed E-state index contributed by atoms with van der Waals surface area (Å²) in [5.74, 6) is 1.51. The Kier molecular flexibility index (Phi) is 6.20. The molecule has 0 spiro atoms. The zero-order chi connectivity index (χ0) is 25.7. The lowest BCUT2D eigenvalue weighted by Gasteiger charge is -2.36. The number of aromatic amines is 1. The van der Waals surface area contributed by atoms with Crippen molar-refractivity contribution >= 4 is 28.3 Å². The number of nitrogens with zero attached hydrogens (tertiary/aromatic N) is 7. The van der Waals surface area contributed by atoms with Crippen LogP contribution in [0, 0.1) is 20.8 Å². The maximum atomic E-state index is 12.1. The summed E-state index contributed by atoms with van der Waals surface area (Å²) in [4.78, 5) is 31.4. The molecule has 9 nitrogen and oxygen atoms in total. The van der Waals surface area contributed by atoms with E-state index in [1.54, 1.807) is 11.2 Å². The lowest BCUT2D eigenvalue weighted by molar-refractivity contribution is -0.129. The van der Waals surface area contributed by atoms with Crippen LogP contribution in [-0.2, 0) is 4.79 Å². The van der Waals surface area contributed by atoms with Crippen molar-refractivity contribution < 1.29 is 4.79 Å². The number of nitrogens with one attached hydrogen (secondary N) is 1. The molecule has 36 heavy (non-hydrogen) atoms. The molecule has 1 saturated heterocycles. The Morgan fingerprint density at radius 1 is 1.06 bits per heavy atom. The van der Waals surface area contributed by atoms with Crippen LogP contribution in [-0.4, -0.2) is 87.1 Å². The highest BCUT2D eigenvalue weighted by molar-refractivity contribution is 5.96. The van der Waals surface area contributed by atoms with Gasteiger partial charge in [-0.2, -0.15) is 5.10 Å². The summed E-state index contributed by atoms with van der Waals surface area (Å²) in [6, 6.07) is 0. The van der Waals surface area contributed by atoms with Gasteiger partial charge in [0.25, 0.3) is 0 Å². The van der Waals surface area contributed by atoms with E-state index in [-0.39, 0.29) is 5.91 Å². The third kappa shape index (κ3) is 4.01. The Balaban J connectivity index is 1.53. The molecule has 5 rings (SSSR count). The van der Waals surface area contributed by atoms with Crippen LogP contribution in [0.15, 0.2) is 18.7 Å². The summed E-state index contributed by atoms with van der Waals surface area (Å²) in [5.41, 5.74) is 9.08. The summed E-state index contributed by atoms with van der Waals surface area (Å²) in [7, 11) is 3.62. The SMILES string of the molecule is Cc1c(-c2[nH]c3cnc(N4CCN(CC(=O)N(C)C)CC4)c(C)c3c2C(C)C)cn2ncnc2c1C. The number of aromatic nitrogens is 5. The standard InChI is InChI=1S/C27H36N8O/c1-16(2)23-24-19(5)26(34-10-8-33(9-11-34)14-22(36)32(6)7)28-12-21(24)31-25(23)20-13-35-27(29-15-30-35)18(4)17(20)3/h12-13,15-16,31H,8-11,14H2,1-7H3. The van der Waals surface area contributed by atoms with Crippen LogP contribution in [0.2, 0.25) is 0 Å². The number of pyridine rings is 2. The lowest BCUT2D eigenvalue weighted by atomic mass is 9.92. The summed E-state index contributed by atoms with van der Waals surface area (Å²) in [6.07, 6.45) is 5.67. The highest BCUT2D eigenvalue weighted by atomic mass is 16.2. The predicted octanol–water partition coefficient (Wildman–Crippen LogP) is 3.53.